The SMILES string of the molecule is COc1ccc(C(=O)[C@H](C)OC(=O)CN2C(=O)[C@H]3CC=CC[C@H]3C2=O)cc1. The first-order chi connectivity index (χ1) is 12.9. The molecule has 0 spiro atoms. The smallest absolute Gasteiger partial charge is 0.326 e. The van der Waals surface area contributed by atoms with Crippen LogP contribution in [0, 0.1) is 11.8 Å². The van der Waals surface area contributed by atoms with Crippen LogP contribution in [-0.4, -0.2) is 48.2 Å². The number of ether oxygens (including phenoxy) is 2. The third kappa shape index (κ3) is 3.77. The number of likely N-dealkylation sites (tertiary alicyclic amines) is 1. The van der Waals surface area contributed by atoms with Gasteiger partial charge in [0, 0.05) is 5.56 Å². The highest BCUT2D eigenvalue weighted by atomic mass is 16.5. The van der Waals surface area contributed by atoms with E-state index in [1.54, 1.807) is 24.3 Å². The van der Waals surface area contributed by atoms with Gasteiger partial charge in [-0.1, -0.05) is 12.2 Å². The molecule has 3 atom stereocenters. The van der Waals surface area contributed by atoms with Crippen LogP contribution in [0.15, 0.2) is 36.4 Å². The fourth-order valence-corrected chi connectivity index (χ4v) is 3.43. The van der Waals surface area contributed by atoms with Gasteiger partial charge in [-0.05, 0) is 44.0 Å². The monoisotopic (exact) mass is 371 g/mol. The van der Waals surface area contributed by atoms with E-state index in [0.29, 0.717) is 24.2 Å². The number of hydrogen-bond donors (Lipinski definition) is 0. The molecule has 0 saturated carbocycles. The molecule has 0 aromatic heterocycles. The normalized spacial score (nSPS) is 22.4. The molecule has 0 unspecified atom stereocenters. The van der Waals surface area contributed by atoms with Crippen LogP contribution in [0.4, 0.5) is 0 Å². The van der Waals surface area contributed by atoms with E-state index in [1.165, 1.54) is 14.0 Å². The Morgan fingerprint density at radius 1 is 1.07 bits per heavy atom. The molecule has 27 heavy (non-hydrogen) atoms. The lowest BCUT2D eigenvalue weighted by atomic mass is 9.85. The fraction of sp³-hybridized carbons (Fsp3) is 0.400. The van der Waals surface area contributed by atoms with Crippen LogP contribution in [0.5, 0.6) is 5.75 Å². The zero-order valence-corrected chi connectivity index (χ0v) is 15.2. The Kier molecular flexibility index (Phi) is 5.39. The van der Waals surface area contributed by atoms with Crippen molar-refractivity contribution >= 4 is 23.6 Å². The predicted molar refractivity (Wildman–Crippen MR) is 95.0 cm³/mol. The van der Waals surface area contributed by atoms with Crippen molar-refractivity contribution in [3.8, 4) is 5.75 Å². The van der Waals surface area contributed by atoms with E-state index in [0.717, 1.165) is 4.90 Å². The first-order valence-electron chi connectivity index (χ1n) is 8.80. The van der Waals surface area contributed by atoms with E-state index in [4.69, 9.17) is 9.47 Å². The van der Waals surface area contributed by atoms with Crippen LogP contribution in [0.25, 0.3) is 0 Å². The number of benzene rings is 1. The number of Topliss-reactive ketones (excluding diaryl/α,β-unsaturated/α-hetero) is 1. The maximum Gasteiger partial charge on any atom is 0.326 e. The zero-order chi connectivity index (χ0) is 19.6. The maximum atomic E-state index is 12.4. The summed E-state index contributed by atoms with van der Waals surface area (Å²) >= 11 is 0. The second kappa shape index (κ2) is 7.73. The Labute approximate surface area is 156 Å². The number of allylic oxidation sites excluding steroid dienone is 2. The number of amides is 2. The molecule has 7 nitrogen and oxygen atoms in total. The average Bonchev–Trinajstić information content (AvgIpc) is 2.92. The number of ketones is 1. The lowest BCUT2D eigenvalue weighted by molar-refractivity contribution is -0.154. The molecule has 1 aromatic rings. The van der Waals surface area contributed by atoms with Crippen LogP contribution in [-0.2, 0) is 19.1 Å². The minimum atomic E-state index is -1.03. The number of rotatable bonds is 6. The molecule has 1 fully saturated rings. The van der Waals surface area contributed by atoms with E-state index in [1.807, 2.05) is 12.2 Å². The number of fused-ring (bicyclic) bond motifs is 1. The number of nitrogens with zero attached hydrogens (tertiary/aromatic N) is 1. The van der Waals surface area contributed by atoms with E-state index in [9.17, 15) is 19.2 Å². The van der Waals surface area contributed by atoms with Gasteiger partial charge in [0.1, 0.15) is 12.3 Å². The molecule has 1 aliphatic carbocycles. The first-order valence-corrected chi connectivity index (χ1v) is 8.80. The maximum absolute atomic E-state index is 12.4. The van der Waals surface area contributed by atoms with Crippen molar-refractivity contribution in [3.63, 3.8) is 0 Å². The van der Waals surface area contributed by atoms with Gasteiger partial charge in [0.25, 0.3) is 0 Å². The molecule has 7 heteroatoms. The average molecular weight is 371 g/mol. The summed E-state index contributed by atoms with van der Waals surface area (Å²) < 4.78 is 10.2. The molecular formula is C20H21NO6. The van der Waals surface area contributed by atoms with Gasteiger partial charge in [-0.3, -0.25) is 24.1 Å². The second-order valence-electron chi connectivity index (χ2n) is 6.64. The molecule has 0 radical (unpaired) electrons. The topological polar surface area (TPSA) is 90.0 Å². The largest absolute Gasteiger partial charge is 0.497 e. The molecule has 1 aliphatic heterocycles. The molecule has 0 N–H and O–H groups in total. The number of methoxy groups -OCH3 is 1. The van der Waals surface area contributed by atoms with E-state index in [-0.39, 0.29) is 17.6 Å². The summed E-state index contributed by atoms with van der Waals surface area (Å²) in [5, 5.41) is 0. The van der Waals surface area contributed by atoms with Crippen LogP contribution in [0.1, 0.15) is 30.1 Å². The summed E-state index contributed by atoms with van der Waals surface area (Å²) in [6.45, 7) is 0.993. The van der Waals surface area contributed by atoms with Gasteiger partial charge in [0.05, 0.1) is 18.9 Å². The van der Waals surface area contributed by atoms with Crippen molar-refractivity contribution in [2.24, 2.45) is 11.8 Å². The molecule has 2 aliphatic rings. The highest BCUT2D eigenvalue weighted by Gasteiger charge is 2.47. The number of hydrogen-bond acceptors (Lipinski definition) is 6. The van der Waals surface area contributed by atoms with Crippen LogP contribution < -0.4 is 4.74 Å². The minimum absolute atomic E-state index is 0.347. The Bertz CT molecular complexity index is 771. The van der Waals surface area contributed by atoms with Crippen LogP contribution in [0.2, 0.25) is 0 Å². The highest BCUT2D eigenvalue weighted by Crippen LogP contribution is 2.34. The van der Waals surface area contributed by atoms with Crippen molar-refractivity contribution in [1.29, 1.82) is 0 Å². The number of carbonyl (C=O) groups is 4. The quantitative estimate of drug-likeness (QED) is 0.328. The van der Waals surface area contributed by atoms with Crippen molar-refractivity contribution < 1.29 is 28.7 Å². The predicted octanol–water partition coefficient (Wildman–Crippen LogP) is 1.76. The molecular weight excluding hydrogens is 350 g/mol. The Morgan fingerprint density at radius 2 is 1.63 bits per heavy atom. The van der Waals surface area contributed by atoms with Gasteiger partial charge < -0.3 is 9.47 Å². The summed E-state index contributed by atoms with van der Waals surface area (Å²) in [6.07, 6.45) is 3.75. The number of esters is 1. The van der Waals surface area contributed by atoms with Crippen molar-refractivity contribution in [3.05, 3.63) is 42.0 Å². The van der Waals surface area contributed by atoms with E-state index >= 15 is 0 Å². The third-order valence-electron chi connectivity index (χ3n) is 4.94. The molecule has 0 bridgehead atoms. The first kappa shape index (κ1) is 18.8. The molecule has 1 aromatic carbocycles. The van der Waals surface area contributed by atoms with Gasteiger partial charge in [-0.2, -0.15) is 0 Å². The lowest BCUT2D eigenvalue weighted by Crippen LogP contribution is -2.38. The fourth-order valence-electron chi connectivity index (χ4n) is 3.43. The molecule has 2 amide bonds. The Morgan fingerprint density at radius 3 is 2.15 bits per heavy atom. The zero-order valence-electron chi connectivity index (χ0n) is 15.2. The number of imide groups is 1. The molecule has 1 saturated heterocycles. The summed E-state index contributed by atoms with van der Waals surface area (Å²) in [5.74, 6) is -2.03. The number of carbonyl (C=O) groups excluding carboxylic acids is 4. The van der Waals surface area contributed by atoms with Crippen molar-refractivity contribution in [1.82, 2.24) is 4.90 Å². The standard InChI is InChI=1S/C20H21NO6/c1-12(18(23)13-7-9-14(26-2)10-8-13)27-17(22)11-21-19(24)15-5-3-4-6-16(15)20(21)25/h3-4,7-10,12,15-16H,5-6,11H2,1-2H3/t12-,15-,16+/m0/s1. The van der Waals surface area contributed by atoms with Crippen molar-refractivity contribution in [2.75, 3.05) is 13.7 Å². The van der Waals surface area contributed by atoms with E-state index in [2.05, 4.69) is 0 Å². The van der Waals surface area contributed by atoms with Gasteiger partial charge in [0.15, 0.2) is 6.10 Å². The summed E-state index contributed by atoms with van der Waals surface area (Å²) in [4.78, 5) is 50.3. The van der Waals surface area contributed by atoms with Gasteiger partial charge in [-0.25, -0.2) is 0 Å². The third-order valence-corrected chi connectivity index (χ3v) is 4.94. The van der Waals surface area contributed by atoms with Gasteiger partial charge in [-0.15, -0.1) is 0 Å². The molecule has 3 rings (SSSR count). The van der Waals surface area contributed by atoms with Crippen LogP contribution >= 0.6 is 0 Å². The molecule has 1 heterocycles. The summed E-state index contributed by atoms with van der Waals surface area (Å²) in [5.41, 5.74) is 0.376. The van der Waals surface area contributed by atoms with Crippen LogP contribution in [0.3, 0.4) is 0 Å². The summed E-state index contributed by atoms with van der Waals surface area (Å²) in [6, 6.07) is 6.44. The Hall–Kier alpha value is -2.96. The van der Waals surface area contributed by atoms with E-state index < -0.39 is 30.5 Å². The molecule has 142 valence electrons. The lowest BCUT2D eigenvalue weighted by Gasteiger charge is -2.17. The highest BCUT2D eigenvalue weighted by molar-refractivity contribution is 6.07. The van der Waals surface area contributed by atoms with Gasteiger partial charge >= 0.3 is 5.97 Å². The minimum Gasteiger partial charge on any atom is -0.497 e. The van der Waals surface area contributed by atoms with Crippen molar-refractivity contribution in [2.45, 2.75) is 25.9 Å². The second-order valence-corrected chi connectivity index (χ2v) is 6.64. The van der Waals surface area contributed by atoms with Gasteiger partial charge in [0.2, 0.25) is 17.6 Å². The summed E-state index contributed by atoms with van der Waals surface area (Å²) in [7, 11) is 1.52. The Balaban J connectivity index is 1.59.